The first-order valence-corrected chi connectivity index (χ1v) is 14.8. The smallest absolute Gasteiger partial charge is 0.228 e. The Morgan fingerprint density at radius 2 is 1.62 bits per heavy atom. The van der Waals surface area contributed by atoms with E-state index in [2.05, 4.69) is 61.3 Å². The van der Waals surface area contributed by atoms with Gasteiger partial charge in [-0.05, 0) is 77.3 Å². The van der Waals surface area contributed by atoms with Gasteiger partial charge < -0.3 is 10.2 Å². The number of hydrogen-bond acceptors (Lipinski definition) is 4. The number of amides is 1. The van der Waals surface area contributed by atoms with Gasteiger partial charge >= 0.3 is 0 Å². The topological polar surface area (TPSA) is 66.5 Å². The van der Waals surface area contributed by atoms with E-state index in [0.29, 0.717) is 0 Å². The van der Waals surface area contributed by atoms with E-state index in [-0.39, 0.29) is 28.4 Å². The first-order valence-electron chi connectivity index (χ1n) is 13.1. The Morgan fingerprint density at radius 1 is 0.946 bits per heavy atom. The Kier molecular flexibility index (Phi) is 8.08. The molecule has 0 saturated heterocycles. The number of nitrogens with one attached hydrogen (secondary N) is 1. The molecule has 0 bridgehead atoms. The van der Waals surface area contributed by atoms with Crippen LogP contribution in [0.15, 0.2) is 71.6 Å². The molecular weight excluding hydrogens is 480 g/mol. The number of aryl methyl sites for hydroxylation is 1. The zero-order valence-corrected chi connectivity index (χ0v) is 23.2. The van der Waals surface area contributed by atoms with E-state index in [0.717, 1.165) is 37.2 Å². The number of carbonyl (C=O) groups is 1. The molecule has 0 fully saturated rings. The van der Waals surface area contributed by atoms with Crippen LogP contribution in [0.25, 0.3) is 0 Å². The van der Waals surface area contributed by atoms with Crippen LogP contribution in [0.3, 0.4) is 0 Å². The maximum absolute atomic E-state index is 12.5. The van der Waals surface area contributed by atoms with Crippen molar-refractivity contribution < 1.29 is 13.2 Å². The molecule has 1 N–H and O–H groups in total. The fourth-order valence-electron chi connectivity index (χ4n) is 4.74. The van der Waals surface area contributed by atoms with Crippen molar-refractivity contribution in [3.63, 3.8) is 0 Å². The van der Waals surface area contributed by atoms with Gasteiger partial charge in [0.1, 0.15) is 0 Å². The highest BCUT2D eigenvalue weighted by Gasteiger charge is 2.21. The van der Waals surface area contributed by atoms with Crippen LogP contribution in [0, 0.1) is 0 Å². The lowest BCUT2D eigenvalue weighted by Crippen LogP contribution is -2.31. The van der Waals surface area contributed by atoms with Gasteiger partial charge in [0.25, 0.3) is 0 Å². The fraction of sp³-hybridized carbons (Fsp3) is 0.387. The first kappa shape index (κ1) is 26.9. The molecule has 3 aromatic carbocycles. The number of nitrogens with zero attached hydrogens (tertiary/aromatic N) is 1. The number of anilines is 2. The highest BCUT2D eigenvalue weighted by atomic mass is 32.2. The average molecular weight is 519 g/mol. The summed E-state index contributed by atoms with van der Waals surface area (Å²) in [6.07, 6.45) is 3.47. The normalized spacial score (nSPS) is 13.8. The largest absolute Gasteiger partial charge is 0.371 e. The lowest BCUT2D eigenvalue weighted by molar-refractivity contribution is -0.115. The Morgan fingerprint density at radius 3 is 2.27 bits per heavy atom. The molecule has 196 valence electrons. The van der Waals surface area contributed by atoms with Crippen LogP contribution < -0.4 is 10.2 Å². The van der Waals surface area contributed by atoms with Crippen LogP contribution in [0.2, 0.25) is 0 Å². The molecule has 1 heterocycles. The minimum atomic E-state index is -3.23. The number of carbonyl (C=O) groups excluding carboxylic acids is 1. The molecule has 0 radical (unpaired) electrons. The van der Waals surface area contributed by atoms with Gasteiger partial charge in [-0.15, -0.1) is 0 Å². The van der Waals surface area contributed by atoms with Gasteiger partial charge in [-0.3, -0.25) is 4.79 Å². The van der Waals surface area contributed by atoms with Crippen molar-refractivity contribution in [1.29, 1.82) is 0 Å². The summed E-state index contributed by atoms with van der Waals surface area (Å²) in [5, 5.41) is 2.94. The second-order valence-electron chi connectivity index (χ2n) is 10.9. The Labute approximate surface area is 221 Å². The second-order valence-corrected chi connectivity index (χ2v) is 13.2. The van der Waals surface area contributed by atoms with Crippen LogP contribution in [0.4, 0.5) is 11.4 Å². The maximum Gasteiger partial charge on any atom is 0.228 e. The highest BCUT2D eigenvalue weighted by Crippen LogP contribution is 2.33. The number of rotatable bonds is 8. The Balaban J connectivity index is 1.33. The van der Waals surface area contributed by atoms with Gasteiger partial charge in [0.15, 0.2) is 9.84 Å². The van der Waals surface area contributed by atoms with Crippen molar-refractivity contribution in [2.75, 3.05) is 29.1 Å². The molecule has 0 aliphatic carbocycles. The molecule has 37 heavy (non-hydrogen) atoms. The number of benzene rings is 3. The van der Waals surface area contributed by atoms with Crippen molar-refractivity contribution in [2.24, 2.45) is 0 Å². The standard InChI is InChI=1S/C31H38N2O3S/c1-5-37(35,36)28-16-10-24(11-17-28)21-30(34)32-27-14-8-23(9-15-27)18-20-33-19-6-7-25-12-13-26(22-29(25)33)31(2,3)4/h8-17,22H,5-7,18-21H2,1-4H3,(H,32,34). The molecular formula is C31H38N2O3S. The minimum Gasteiger partial charge on any atom is -0.371 e. The van der Waals surface area contributed by atoms with Gasteiger partial charge in [0.05, 0.1) is 17.1 Å². The molecule has 4 rings (SSSR count). The van der Waals surface area contributed by atoms with E-state index in [9.17, 15) is 13.2 Å². The monoisotopic (exact) mass is 518 g/mol. The first-order chi connectivity index (χ1) is 17.5. The molecule has 1 aliphatic heterocycles. The maximum atomic E-state index is 12.5. The van der Waals surface area contributed by atoms with Crippen LogP contribution >= 0.6 is 0 Å². The van der Waals surface area contributed by atoms with Gasteiger partial charge in [0.2, 0.25) is 5.91 Å². The van der Waals surface area contributed by atoms with E-state index < -0.39 is 9.84 Å². The number of sulfone groups is 1. The second kappa shape index (κ2) is 11.1. The summed E-state index contributed by atoms with van der Waals surface area (Å²) in [6.45, 7) is 10.5. The molecule has 0 spiro atoms. The summed E-state index contributed by atoms with van der Waals surface area (Å²) in [7, 11) is -3.23. The molecule has 5 nitrogen and oxygen atoms in total. The van der Waals surface area contributed by atoms with Crippen LogP contribution in [-0.2, 0) is 39.3 Å². The third-order valence-electron chi connectivity index (χ3n) is 7.10. The molecule has 0 aromatic heterocycles. The van der Waals surface area contributed by atoms with E-state index in [1.165, 1.54) is 28.8 Å². The molecule has 3 aromatic rings. The fourth-order valence-corrected chi connectivity index (χ4v) is 5.62. The lowest BCUT2D eigenvalue weighted by atomic mass is 9.85. The van der Waals surface area contributed by atoms with Gasteiger partial charge in [-0.25, -0.2) is 8.42 Å². The summed E-state index contributed by atoms with van der Waals surface area (Å²) in [4.78, 5) is 15.3. The van der Waals surface area contributed by atoms with Crippen LogP contribution in [0.1, 0.15) is 56.4 Å². The lowest BCUT2D eigenvalue weighted by Gasteiger charge is -2.33. The van der Waals surface area contributed by atoms with Crippen molar-refractivity contribution in [3.8, 4) is 0 Å². The van der Waals surface area contributed by atoms with Gasteiger partial charge in [0, 0.05) is 24.5 Å². The zero-order chi connectivity index (χ0) is 26.6. The van der Waals surface area contributed by atoms with E-state index in [1.54, 1.807) is 31.2 Å². The summed E-state index contributed by atoms with van der Waals surface area (Å²) in [6, 6.07) is 21.6. The predicted octanol–water partition coefficient (Wildman–Crippen LogP) is 5.95. The third kappa shape index (κ3) is 6.80. The minimum absolute atomic E-state index is 0.0618. The van der Waals surface area contributed by atoms with E-state index >= 15 is 0 Å². The average Bonchev–Trinajstić information content (AvgIpc) is 2.87. The zero-order valence-electron chi connectivity index (χ0n) is 22.4. The molecule has 0 saturated carbocycles. The molecule has 1 amide bonds. The Bertz CT molecular complexity index is 1340. The molecule has 0 unspecified atom stereocenters. The van der Waals surface area contributed by atoms with Crippen molar-refractivity contribution in [2.45, 2.75) is 63.7 Å². The van der Waals surface area contributed by atoms with Gasteiger partial charge in [-0.2, -0.15) is 0 Å². The summed E-state index contributed by atoms with van der Waals surface area (Å²) < 4.78 is 23.9. The third-order valence-corrected chi connectivity index (χ3v) is 8.85. The quantitative estimate of drug-likeness (QED) is 0.400. The van der Waals surface area contributed by atoms with E-state index in [1.807, 2.05) is 12.1 Å². The van der Waals surface area contributed by atoms with Crippen LogP contribution in [0.5, 0.6) is 0 Å². The predicted molar refractivity (Wildman–Crippen MR) is 152 cm³/mol. The SMILES string of the molecule is CCS(=O)(=O)c1ccc(CC(=O)Nc2ccc(CCN3CCCc4ccc(C(C)(C)C)cc43)cc2)cc1. The van der Waals surface area contributed by atoms with E-state index in [4.69, 9.17) is 0 Å². The summed E-state index contributed by atoms with van der Waals surface area (Å²) in [5.74, 6) is -0.0647. The van der Waals surface area contributed by atoms with Crippen LogP contribution in [-0.4, -0.2) is 33.2 Å². The summed E-state index contributed by atoms with van der Waals surface area (Å²) >= 11 is 0. The van der Waals surface area contributed by atoms with Crippen molar-refractivity contribution >= 4 is 27.1 Å². The summed E-state index contributed by atoms with van der Waals surface area (Å²) in [5.41, 5.74) is 7.11. The van der Waals surface area contributed by atoms with Gasteiger partial charge in [-0.1, -0.05) is 64.1 Å². The molecule has 1 aliphatic rings. The van der Waals surface area contributed by atoms with Crippen molar-refractivity contribution in [1.82, 2.24) is 0 Å². The number of fused-ring (bicyclic) bond motifs is 1. The van der Waals surface area contributed by atoms with Crippen molar-refractivity contribution in [3.05, 3.63) is 89.0 Å². The number of hydrogen-bond donors (Lipinski definition) is 1. The Hall–Kier alpha value is -3.12. The highest BCUT2D eigenvalue weighted by molar-refractivity contribution is 7.91. The molecule has 6 heteroatoms. The molecule has 0 atom stereocenters.